The molecule has 3 aromatic rings. The van der Waals surface area contributed by atoms with Crippen LogP contribution in [0.2, 0.25) is 0 Å². The fraction of sp³-hybridized carbons (Fsp3) is 0. The molecule has 3 rings (SSSR count). The van der Waals surface area contributed by atoms with E-state index in [9.17, 15) is 0 Å². The molecule has 0 aliphatic heterocycles. The Balaban J connectivity index is 2.01. The third kappa shape index (κ3) is 1.97. The zero-order valence-corrected chi connectivity index (χ0v) is 10.0. The average Bonchev–Trinajstić information content (AvgIpc) is 2.94. The van der Waals surface area contributed by atoms with Crippen LogP contribution in [-0.4, -0.2) is 4.57 Å². The van der Waals surface area contributed by atoms with Crippen molar-refractivity contribution in [2.45, 2.75) is 0 Å². The van der Waals surface area contributed by atoms with Crippen LogP contribution in [0.25, 0.3) is 23.2 Å². The zero-order chi connectivity index (χ0) is 11.7. The number of thiophene rings is 1. The third-order valence-corrected chi connectivity index (χ3v) is 3.42. The number of hydrogen-bond donors (Lipinski definition) is 1. The molecular formula is C14H12N2S. The number of benzene rings is 1. The summed E-state index contributed by atoms with van der Waals surface area (Å²) in [5.74, 6) is 0. The van der Waals surface area contributed by atoms with E-state index in [-0.39, 0.29) is 0 Å². The maximum Gasteiger partial charge on any atom is 0.0523 e. The van der Waals surface area contributed by atoms with Crippen LogP contribution in [0.1, 0.15) is 5.56 Å². The van der Waals surface area contributed by atoms with Crippen molar-refractivity contribution in [1.82, 2.24) is 4.57 Å². The van der Waals surface area contributed by atoms with Crippen LogP contribution in [0.15, 0.2) is 47.3 Å². The van der Waals surface area contributed by atoms with Gasteiger partial charge in [0.05, 0.1) is 5.52 Å². The number of nitrogen functional groups attached to an aromatic ring is 1. The normalized spacial score (nSPS) is 11.5. The van der Waals surface area contributed by atoms with Gasteiger partial charge in [-0.25, -0.2) is 0 Å². The molecule has 17 heavy (non-hydrogen) atoms. The Morgan fingerprint density at radius 2 is 2.12 bits per heavy atom. The molecule has 0 bridgehead atoms. The highest BCUT2D eigenvalue weighted by atomic mass is 32.1. The minimum absolute atomic E-state index is 0.803. The molecule has 0 saturated heterocycles. The maximum atomic E-state index is 5.76. The number of rotatable bonds is 2. The van der Waals surface area contributed by atoms with Crippen LogP contribution in [0.4, 0.5) is 5.69 Å². The van der Waals surface area contributed by atoms with Crippen molar-refractivity contribution in [3.05, 3.63) is 52.9 Å². The molecule has 84 valence electrons. The molecule has 0 radical (unpaired) electrons. The lowest BCUT2D eigenvalue weighted by atomic mass is 10.2. The molecule has 0 atom stereocenters. The fourth-order valence-electron chi connectivity index (χ4n) is 1.85. The molecule has 3 heteroatoms. The van der Waals surface area contributed by atoms with Gasteiger partial charge in [-0.3, -0.25) is 0 Å². The summed E-state index contributed by atoms with van der Waals surface area (Å²) in [6.07, 6.45) is 6.22. The summed E-state index contributed by atoms with van der Waals surface area (Å²) in [5, 5.41) is 5.37. The Morgan fingerprint density at radius 3 is 2.94 bits per heavy atom. The first-order chi connectivity index (χ1) is 8.33. The third-order valence-electron chi connectivity index (χ3n) is 2.72. The van der Waals surface area contributed by atoms with Crippen molar-refractivity contribution in [3.63, 3.8) is 0 Å². The highest BCUT2D eigenvalue weighted by molar-refractivity contribution is 7.08. The standard InChI is InChI=1S/C14H12N2S/c15-13-1-2-14-12(9-13)4-7-16(14)6-3-11-5-8-17-10-11/h1-10H,15H2/b6-3-. The van der Waals surface area contributed by atoms with E-state index in [4.69, 9.17) is 5.73 Å². The van der Waals surface area contributed by atoms with Gasteiger partial charge in [-0.05, 0) is 52.7 Å². The fourth-order valence-corrected chi connectivity index (χ4v) is 2.48. The van der Waals surface area contributed by atoms with Crippen molar-refractivity contribution < 1.29 is 0 Å². The van der Waals surface area contributed by atoms with Crippen molar-refractivity contribution in [2.75, 3.05) is 5.73 Å². The van der Waals surface area contributed by atoms with E-state index in [1.807, 2.05) is 24.4 Å². The van der Waals surface area contributed by atoms with Gasteiger partial charge >= 0.3 is 0 Å². The topological polar surface area (TPSA) is 30.9 Å². The molecule has 0 aliphatic rings. The van der Waals surface area contributed by atoms with E-state index in [1.165, 1.54) is 16.5 Å². The van der Waals surface area contributed by atoms with E-state index in [1.54, 1.807) is 11.3 Å². The van der Waals surface area contributed by atoms with E-state index in [2.05, 4.69) is 39.7 Å². The van der Waals surface area contributed by atoms with Crippen molar-refractivity contribution in [2.24, 2.45) is 0 Å². The first kappa shape index (κ1) is 10.2. The van der Waals surface area contributed by atoms with Crippen molar-refractivity contribution >= 4 is 40.2 Å². The lowest BCUT2D eigenvalue weighted by Crippen LogP contribution is -1.85. The predicted octanol–water partition coefficient (Wildman–Crippen LogP) is 3.91. The van der Waals surface area contributed by atoms with E-state index in [0.29, 0.717) is 0 Å². The molecule has 2 heterocycles. The Morgan fingerprint density at radius 1 is 1.18 bits per heavy atom. The molecule has 2 nitrogen and oxygen atoms in total. The number of anilines is 1. The molecule has 0 spiro atoms. The van der Waals surface area contributed by atoms with Gasteiger partial charge in [0.1, 0.15) is 0 Å². The molecule has 0 unspecified atom stereocenters. The highest BCUT2D eigenvalue weighted by Gasteiger charge is 1.98. The summed E-state index contributed by atoms with van der Waals surface area (Å²) in [6.45, 7) is 0. The second-order valence-electron chi connectivity index (χ2n) is 3.91. The summed E-state index contributed by atoms with van der Waals surface area (Å²) < 4.78 is 2.10. The molecular weight excluding hydrogens is 228 g/mol. The first-order valence-electron chi connectivity index (χ1n) is 5.39. The van der Waals surface area contributed by atoms with Crippen LogP contribution in [0.3, 0.4) is 0 Å². The molecule has 0 saturated carbocycles. The summed E-state index contributed by atoms with van der Waals surface area (Å²) in [7, 11) is 0. The van der Waals surface area contributed by atoms with Crippen LogP contribution in [-0.2, 0) is 0 Å². The maximum absolute atomic E-state index is 5.76. The molecule has 0 fully saturated rings. The van der Waals surface area contributed by atoms with Crippen LogP contribution in [0, 0.1) is 0 Å². The largest absolute Gasteiger partial charge is 0.399 e. The predicted molar refractivity (Wildman–Crippen MR) is 75.9 cm³/mol. The van der Waals surface area contributed by atoms with Crippen molar-refractivity contribution in [3.8, 4) is 0 Å². The summed E-state index contributed by atoms with van der Waals surface area (Å²) in [6, 6.07) is 10.1. The lowest BCUT2D eigenvalue weighted by Gasteiger charge is -1.98. The second kappa shape index (κ2) is 4.11. The van der Waals surface area contributed by atoms with Gasteiger partial charge in [0.2, 0.25) is 0 Å². The quantitative estimate of drug-likeness (QED) is 0.676. The van der Waals surface area contributed by atoms with Gasteiger partial charge in [-0.2, -0.15) is 11.3 Å². The van der Waals surface area contributed by atoms with Gasteiger partial charge in [-0.1, -0.05) is 0 Å². The van der Waals surface area contributed by atoms with E-state index >= 15 is 0 Å². The van der Waals surface area contributed by atoms with Gasteiger partial charge in [0.15, 0.2) is 0 Å². The van der Waals surface area contributed by atoms with E-state index < -0.39 is 0 Å². The number of nitrogens with two attached hydrogens (primary N) is 1. The lowest BCUT2D eigenvalue weighted by molar-refractivity contribution is 1.23. The van der Waals surface area contributed by atoms with Crippen LogP contribution >= 0.6 is 11.3 Å². The molecule has 2 aromatic heterocycles. The van der Waals surface area contributed by atoms with E-state index in [0.717, 1.165) is 5.69 Å². The van der Waals surface area contributed by atoms with Crippen LogP contribution < -0.4 is 5.73 Å². The Kier molecular flexibility index (Phi) is 2.46. The minimum atomic E-state index is 0.803. The summed E-state index contributed by atoms with van der Waals surface area (Å²) in [5.41, 5.74) is 8.96. The number of hydrogen-bond acceptors (Lipinski definition) is 2. The Labute approximate surface area is 104 Å². The number of fused-ring (bicyclic) bond motifs is 1. The van der Waals surface area contributed by atoms with Gasteiger partial charge < -0.3 is 10.3 Å². The summed E-state index contributed by atoms with van der Waals surface area (Å²) >= 11 is 1.71. The monoisotopic (exact) mass is 240 g/mol. The first-order valence-corrected chi connectivity index (χ1v) is 6.34. The highest BCUT2D eigenvalue weighted by Crippen LogP contribution is 2.19. The van der Waals surface area contributed by atoms with Crippen LogP contribution in [0.5, 0.6) is 0 Å². The number of aromatic nitrogens is 1. The minimum Gasteiger partial charge on any atom is -0.399 e. The number of nitrogens with zero attached hydrogens (tertiary/aromatic N) is 1. The average molecular weight is 240 g/mol. The summed E-state index contributed by atoms with van der Waals surface area (Å²) in [4.78, 5) is 0. The van der Waals surface area contributed by atoms with Crippen molar-refractivity contribution in [1.29, 1.82) is 0 Å². The zero-order valence-electron chi connectivity index (χ0n) is 9.21. The smallest absolute Gasteiger partial charge is 0.0523 e. The molecule has 0 aliphatic carbocycles. The Bertz CT molecular complexity index is 663. The Hall–Kier alpha value is -2.00. The van der Waals surface area contributed by atoms with Gasteiger partial charge in [0, 0.05) is 23.5 Å². The molecule has 2 N–H and O–H groups in total. The SMILES string of the molecule is Nc1ccc2c(ccn2/C=C\c2ccsc2)c1. The van der Waals surface area contributed by atoms with Gasteiger partial charge in [-0.15, -0.1) is 0 Å². The second-order valence-corrected chi connectivity index (χ2v) is 4.69. The van der Waals surface area contributed by atoms with Gasteiger partial charge in [0.25, 0.3) is 0 Å². The molecule has 1 aromatic carbocycles. The molecule has 0 amide bonds.